The standard InChI is InChI=1S/C16H20N2O3/c1-3-11-18(12-15(19)21-2)16(20)14-8-6-13(7-9-14)5-4-10-17/h6-9H,3,10-12,17H2,1-2H3. The average Bonchev–Trinajstić information content (AvgIpc) is 2.52. The van der Waals surface area contributed by atoms with E-state index in [-0.39, 0.29) is 12.5 Å². The summed E-state index contributed by atoms with van der Waals surface area (Å²) in [4.78, 5) is 25.2. The topological polar surface area (TPSA) is 72.6 Å². The number of benzene rings is 1. The van der Waals surface area contributed by atoms with Gasteiger partial charge in [-0.05, 0) is 30.7 Å². The highest BCUT2D eigenvalue weighted by Crippen LogP contribution is 2.08. The number of carbonyl (C=O) groups is 2. The van der Waals surface area contributed by atoms with Crippen LogP contribution in [-0.4, -0.2) is 43.5 Å². The summed E-state index contributed by atoms with van der Waals surface area (Å²) in [6.07, 6.45) is 0.767. The molecule has 1 rings (SSSR count). The smallest absolute Gasteiger partial charge is 0.325 e. The molecule has 0 spiro atoms. The Labute approximate surface area is 125 Å². The third kappa shape index (κ3) is 5.28. The number of hydrogen-bond acceptors (Lipinski definition) is 4. The molecule has 0 saturated carbocycles. The molecule has 0 fully saturated rings. The molecule has 0 saturated heterocycles. The Morgan fingerprint density at radius 2 is 1.95 bits per heavy atom. The van der Waals surface area contributed by atoms with Gasteiger partial charge in [-0.15, -0.1) is 0 Å². The van der Waals surface area contributed by atoms with Crippen LogP contribution < -0.4 is 5.73 Å². The van der Waals surface area contributed by atoms with Crippen molar-refractivity contribution in [2.75, 3.05) is 26.7 Å². The molecule has 0 radical (unpaired) electrons. The van der Waals surface area contributed by atoms with Crippen LogP contribution in [-0.2, 0) is 9.53 Å². The van der Waals surface area contributed by atoms with E-state index in [1.165, 1.54) is 12.0 Å². The van der Waals surface area contributed by atoms with Gasteiger partial charge in [0.25, 0.3) is 5.91 Å². The van der Waals surface area contributed by atoms with Gasteiger partial charge in [-0.2, -0.15) is 0 Å². The number of amides is 1. The summed E-state index contributed by atoms with van der Waals surface area (Å²) < 4.78 is 4.61. The van der Waals surface area contributed by atoms with Gasteiger partial charge in [0.2, 0.25) is 0 Å². The number of hydrogen-bond donors (Lipinski definition) is 1. The lowest BCUT2D eigenvalue weighted by Crippen LogP contribution is -2.36. The zero-order valence-electron chi connectivity index (χ0n) is 12.4. The van der Waals surface area contributed by atoms with Crippen molar-refractivity contribution < 1.29 is 14.3 Å². The van der Waals surface area contributed by atoms with Crippen molar-refractivity contribution in [1.82, 2.24) is 4.90 Å². The molecule has 0 bridgehead atoms. The molecule has 0 aromatic heterocycles. The summed E-state index contributed by atoms with van der Waals surface area (Å²) in [7, 11) is 1.31. The normalized spacial score (nSPS) is 9.48. The number of rotatable bonds is 5. The Morgan fingerprint density at radius 3 is 2.48 bits per heavy atom. The first-order valence-corrected chi connectivity index (χ1v) is 6.77. The first-order chi connectivity index (χ1) is 10.1. The highest BCUT2D eigenvalue weighted by molar-refractivity contribution is 5.96. The van der Waals surface area contributed by atoms with Crippen LogP contribution in [0.15, 0.2) is 24.3 Å². The van der Waals surface area contributed by atoms with Crippen molar-refractivity contribution in [3.05, 3.63) is 35.4 Å². The van der Waals surface area contributed by atoms with Gasteiger partial charge in [0.1, 0.15) is 6.54 Å². The predicted molar refractivity (Wildman–Crippen MR) is 80.6 cm³/mol. The summed E-state index contributed by atoms with van der Waals surface area (Å²) in [6, 6.07) is 6.92. The van der Waals surface area contributed by atoms with Crippen molar-refractivity contribution in [2.24, 2.45) is 5.73 Å². The van der Waals surface area contributed by atoms with E-state index in [0.29, 0.717) is 18.7 Å². The van der Waals surface area contributed by atoms with Gasteiger partial charge >= 0.3 is 5.97 Å². The quantitative estimate of drug-likeness (QED) is 0.648. The lowest BCUT2D eigenvalue weighted by Gasteiger charge is -2.20. The van der Waals surface area contributed by atoms with Crippen LogP contribution in [0.1, 0.15) is 29.3 Å². The molecule has 5 nitrogen and oxygen atoms in total. The Kier molecular flexibility index (Phi) is 6.99. The minimum Gasteiger partial charge on any atom is -0.468 e. The molecule has 0 unspecified atom stereocenters. The molecule has 1 aromatic carbocycles. The first-order valence-electron chi connectivity index (χ1n) is 6.77. The van der Waals surface area contributed by atoms with Crippen molar-refractivity contribution >= 4 is 11.9 Å². The average molecular weight is 288 g/mol. The number of esters is 1. The highest BCUT2D eigenvalue weighted by atomic mass is 16.5. The molecule has 0 heterocycles. The number of ether oxygens (including phenoxy) is 1. The summed E-state index contributed by atoms with van der Waals surface area (Å²) in [5.74, 6) is 5.02. The molecule has 21 heavy (non-hydrogen) atoms. The summed E-state index contributed by atoms with van der Waals surface area (Å²) in [5, 5.41) is 0. The molecule has 5 heteroatoms. The fourth-order valence-corrected chi connectivity index (χ4v) is 1.77. The van der Waals surface area contributed by atoms with Crippen LogP contribution in [0.3, 0.4) is 0 Å². The monoisotopic (exact) mass is 288 g/mol. The number of methoxy groups -OCH3 is 1. The number of nitrogens with two attached hydrogens (primary N) is 1. The van der Waals surface area contributed by atoms with Crippen LogP contribution in [0.25, 0.3) is 0 Å². The molecule has 1 aromatic rings. The second kappa shape index (κ2) is 8.77. The fourth-order valence-electron chi connectivity index (χ4n) is 1.77. The van der Waals surface area contributed by atoms with E-state index >= 15 is 0 Å². The van der Waals surface area contributed by atoms with E-state index in [1.807, 2.05) is 6.92 Å². The van der Waals surface area contributed by atoms with Crippen LogP contribution in [0, 0.1) is 11.8 Å². The molecular weight excluding hydrogens is 268 g/mol. The zero-order chi connectivity index (χ0) is 15.7. The Morgan fingerprint density at radius 1 is 1.29 bits per heavy atom. The Balaban J connectivity index is 2.85. The van der Waals surface area contributed by atoms with Gasteiger partial charge in [0, 0.05) is 17.7 Å². The maximum Gasteiger partial charge on any atom is 0.325 e. The molecule has 112 valence electrons. The van der Waals surface area contributed by atoms with E-state index in [9.17, 15) is 9.59 Å². The molecule has 0 aliphatic carbocycles. The van der Waals surface area contributed by atoms with Crippen molar-refractivity contribution in [2.45, 2.75) is 13.3 Å². The maximum atomic E-state index is 12.4. The predicted octanol–water partition coefficient (Wildman–Crippen LogP) is 1.02. The van der Waals surface area contributed by atoms with Gasteiger partial charge in [-0.1, -0.05) is 18.8 Å². The molecular formula is C16H20N2O3. The van der Waals surface area contributed by atoms with Gasteiger partial charge in [0.05, 0.1) is 13.7 Å². The minimum atomic E-state index is -0.428. The summed E-state index contributed by atoms with van der Waals surface area (Å²) in [5.41, 5.74) is 6.63. The maximum absolute atomic E-state index is 12.4. The largest absolute Gasteiger partial charge is 0.468 e. The van der Waals surface area contributed by atoms with E-state index in [1.54, 1.807) is 24.3 Å². The molecule has 0 atom stereocenters. The van der Waals surface area contributed by atoms with Crippen LogP contribution in [0.4, 0.5) is 0 Å². The van der Waals surface area contributed by atoms with Crippen LogP contribution in [0.5, 0.6) is 0 Å². The molecule has 2 N–H and O–H groups in total. The van der Waals surface area contributed by atoms with Crippen molar-refractivity contribution in [1.29, 1.82) is 0 Å². The van der Waals surface area contributed by atoms with Gasteiger partial charge in [-0.25, -0.2) is 0 Å². The van der Waals surface area contributed by atoms with E-state index < -0.39 is 5.97 Å². The minimum absolute atomic E-state index is 0.0437. The molecule has 1 amide bonds. The van der Waals surface area contributed by atoms with Gasteiger partial charge < -0.3 is 15.4 Å². The third-order valence-electron chi connectivity index (χ3n) is 2.80. The summed E-state index contributed by atoms with van der Waals surface area (Å²) in [6.45, 7) is 2.70. The molecule has 0 aliphatic heterocycles. The highest BCUT2D eigenvalue weighted by Gasteiger charge is 2.18. The van der Waals surface area contributed by atoms with E-state index in [2.05, 4.69) is 16.6 Å². The SMILES string of the molecule is CCCN(CC(=O)OC)C(=O)c1ccc(C#CCN)cc1. The number of carbonyl (C=O) groups excluding carboxylic acids is 2. The fraction of sp³-hybridized carbons (Fsp3) is 0.375. The van der Waals surface area contributed by atoms with Crippen molar-refractivity contribution in [3.63, 3.8) is 0 Å². The lowest BCUT2D eigenvalue weighted by atomic mass is 10.1. The van der Waals surface area contributed by atoms with Crippen molar-refractivity contribution in [3.8, 4) is 11.8 Å². The van der Waals surface area contributed by atoms with E-state index in [0.717, 1.165) is 12.0 Å². The van der Waals surface area contributed by atoms with E-state index in [4.69, 9.17) is 5.73 Å². The summed E-state index contributed by atoms with van der Waals surface area (Å²) >= 11 is 0. The Bertz CT molecular complexity index is 541. The Hall–Kier alpha value is -2.32. The third-order valence-corrected chi connectivity index (χ3v) is 2.80. The lowest BCUT2D eigenvalue weighted by molar-refractivity contribution is -0.141. The van der Waals surface area contributed by atoms with Crippen LogP contribution in [0.2, 0.25) is 0 Å². The number of nitrogens with zero attached hydrogens (tertiary/aromatic N) is 1. The second-order valence-electron chi connectivity index (χ2n) is 4.39. The van der Waals surface area contributed by atoms with Crippen LogP contribution >= 0.6 is 0 Å². The van der Waals surface area contributed by atoms with Gasteiger partial charge in [0.15, 0.2) is 0 Å². The van der Waals surface area contributed by atoms with Gasteiger partial charge in [-0.3, -0.25) is 9.59 Å². The second-order valence-corrected chi connectivity index (χ2v) is 4.39. The molecule has 0 aliphatic rings. The first kappa shape index (κ1) is 16.7. The zero-order valence-corrected chi connectivity index (χ0v) is 12.4.